The number of hydrogen-bond acceptors (Lipinski definition) is 3. The van der Waals surface area contributed by atoms with Crippen LogP contribution in [0, 0.1) is 3.57 Å². The van der Waals surface area contributed by atoms with Gasteiger partial charge in [0.25, 0.3) is 5.91 Å². The number of rotatable bonds is 4. The number of hydrazone groups is 1. The largest absolute Gasteiger partial charge is 0.496 e. The van der Waals surface area contributed by atoms with Crippen molar-refractivity contribution in [2.24, 2.45) is 5.10 Å². The smallest absolute Gasteiger partial charge is 0.271 e. The Bertz CT molecular complexity index is 735. The van der Waals surface area contributed by atoms with Crippen LogP contribution < -0.4 is 10.2 Å². The molecule has 0 aliphatic heterocycles. The van der Waals surface area contributed by atoms with E-state index in [1.807, 2.05) is 0 Å². The summed E-state index contributed by atoms with van der Waals surface area (Å²) in [5, 5.41) is 4.89. The summed E-state index contributed by atoms with van der Waals surface area (Å²) in [6, 6.07) is 10.2. The van der Waals surface area contributed by atoms with Crippen LogP contribution in [0.25, 0.3) is 0 Å². The molecule has 0 aromatic heterocycles. The molecule has 1 amide bonds. The van der Waals surface area contributed by atoms with Crippen molar-refractivity contribution in [3.05, 3.63) is 61.1 Å². The molecule has 1 N–H and O–H groups in total. The average molecular weight is 449 g/mol. The number of halogens is 3. The number of nitrogens with zero attached hydrogens (tertiary/aromatic N) is 1. The molecular weight excluding hydrogens is 438 g/mol. The number of hydrogen-bond donors (Lipinski definition) is 1. The van der Waals surface area contributed by atoms with Gasteiger partial charge in [0, 0.05) is 16.1 Å². The number of methoxy groups -OCH3 is 1. The van der Waals surface area contributed by atoms with Gasteiger partial charge in [-0.3, -0.25) is 4.79 Å². The van der Waals surface area contributed by atoms with Gasteiger partial charge in [0.15, 0.2) is 0 Å². The first-order chi connectivity index (χ1) is 10.5. The Hall–Kier alpha value is -1.31. The summed E-state index contributed by atoms with van der Waals surface area (Å²) in [5.41, 5.74) is 3.55. The number of amides is 1. The molecule has 0 unspecified atom stereocenters. The van der Waals surface area contributed by atoms with Crippen molar-refractivity contribution in [1.82, 2.24) is 5.43 Å². The van der Waals surface area contributed by atoms with Crippen LogP contribution in [-0.4, -0.2) is 19.2 Å². The van der Waals surface area contributed by atoms with E-state index in [4.69, 9.17) is 27.9 Å². The van der Waals surface area contributed by atoms with Gasteiger partial charge in [-0.05, 0) is 52.9 Å². The standard InChI is InChI=1S/C15H11Cl2IN2O2/c1-22-14-6-9(3-5-13(14)18)15(21)20-19-8-10-2-4-11(16)7-12(10)17/h2-8H,1H3,(H,20,21). The molecule has 114 valence electrons. The fourth-order valence-corrected chi connectivity index (χ4v) is 2.65. The minimum atomic E-state index is -0.337. The molecule has 0 heterocycles. The van der Waals surface area contributed by atoms with Crippen LogP contribution in [0.3, 0.4) is 0 Å². The molecule has 22 heavy (non-hydrogen) atoms. The second kappa shape index (κ2) is 7.80. The first-order valence-corrected chi connectivity index (χ1v) is 7.96. The monoisotopic (exact) mass is 448 g/mol. The highest BCUT2D eigenvalue weighted by Gasteiger charge is 2.08. The SMILES string of the molecule is COc1cc(C(=O)NN=Cc2ccc(Cl)cc2Cl)ccc1I. The molecule has 0 saturated heterocycles. The average Bonchev–Trinajstić information content (AvgIpc) is 2.49. The molecule has 0 radical (unpaired) electrons. The Labute approximate surface area is 151 Å². The maximum absolute atomic E-state index is 12.0. The highest BCUT2D eigenvalue weighted by molar-refractivity contribution is 14.1. The zero-order valence-corrected chi connectivity index (χ0v) is 15.1. The first kappa shape index (κ1) is 17.1. The van der Waals surface area contributed by atoms with Crippen molar-refractivity contribution in [1.29, 1.82) is 0 Å². The lowest BCUT2D eigenvalue weighted by Gasteiger charge is -2.05. The van der Waals surface area contributed by atoms with Crippen LogP contribution in [0.4, 0.5) is 0 Å². The van der Waals surface area contributed by atoms with E-state index in [2.05, 4.69) is 33.1 Å². The zero-order valence-electron chi connectivity index (χ0n) is 11.4. The molecule has 2 aromatic carbocycles. The van der Waals surface area contributed by atoms with E-state index >= 15 is 0 Å². The second-order valence-electron chi connectivity index (χ2n) is 4.21. The minimum Gasteiger partial charge on any atom is -0.496 e. The molecule has 2 rings (SSSR count). The fraction of sp³-hybridized carbons (Fsp3) is 0.0667. The van der Waals surface area contributed by atoms with Gasteiger partial charge in [-0.1, -0.05) is 29.3 Å². The molecule has 7 heteroatoms. The first-order valence-electron chi connectivity index (χ1n) is 6.13. The van der Waals surface area contributed by atoms with Gasteiger partial charge < -0.3 is 4.74 Å². The van der Waals surface area contributed by atoms with Gasteiger partial charge in [0.05, 0.1) is 21.9 Å². The van der Waals surface area contributed by atoms with Gasteiger partial charge in [0.1, 0.15) is 5.75 Å². The quantitative estimate of drug-likeness (QED) is 0.429. The number of benzene rings is 2. The molecule has 0 aliphatic rings. The Morgan fingerprint density at radius 1 is 1.27 bits per heavy atom. The normalized spacial score (nSPS) is 10.7. The molecule has 0 atom stereocenters. The molecular formula is C15H11Cl2IN2O2. The number of ether oxygens (including phenoxy) is 1. The highest BCUT2D eigenvalue weighted by atomic mass is 127. The van der Waals surface area contributed by atoms with Crippen molar-refractivity contribution in [3.8, 4) is 5.75 Å². The molecule has 4 nitrogen and oxygen atoms in total. The van der Waals surface area contributed by atoms with Gasteiger partial charge in [0.2, 0.25) is 0 Å². The third-order valence-electron chi connectivity index (χ3n) is 2.75. The van der Waals surface area contributed by atoms with Gasteiger partial charge in [-0.15, -0.1) is 0 Å². The van der Waals surface area contributed by atoms with Gasteiger partial charge in [-0.2, -0.15) is 5.10 Å². The van der Waals surface area contributed by atoms with Crippen LogP contribution in [0.5, 0.6) is 5.75 Å². The number of carbonyl (C=O) groups is 1. The van der Waals surface area contributed by atoms with Crippen LogP contribution >= 0.6 is 45.8 Å². The maximum Gasteiger partial charge on any atom is 0.271 e. The second-order valence-corrected chi connectivity index (χ2v) is 6.22. The minimum absolute atomic E-state index is 0.337. The Morgan fingerprint density at radius 3 is 2.73 bits per heavy atom. The molecule has 2 aromatic rings. The van der Waals surface area contributed by atoms with Gasteiger partial charge in [-0.25, -0.2) is 5.43 Å². The summed E-state index contributed by atoms with van der Waals surface area (Å²) < 4.78 is 6.10. The van der Waals surface area contributed by atoms with Crippen molar-refractivity contribution < 1.29 is 9.53 Å². The van der Waals surface area contributed by atoms with E-state index in [0.29, 0.717) is 26.9 Å². The molecule has 0 bridgehead atoms. The van der Waals surface area contributed by atoms with E-state index in [1.54, 1.807) is 43.5 Å². The number of carbonyl (C=O) groups excluding carboxylic acids is 1. The van der Waals surface area contributed by atoms with E-state index in [0.717, 1.165) is 3.57 Å². The van der Waals surface area contributed by atoms with E-state index in [9.17, 15) is 4.79 Å². The highest BCUT2D eigenvalue weighted by Crippen LogP contribution is 2.22. The van der Waals surface area contributed by atoms with E-state index in [1.165, 1.54) is 6.21 Å². The third kappa shape index (κ3) is 4.34. The Kier molecular flexibility index (Phi) is 6.05. The summed E-state index contributed by atoms with van der Waals surface area (Å²) >= 11 is 14.0. The van der Waals surface area contributed by atoms with Crippen molar-refractivity contribution in [2.75, 3.05) is 7.11 Å². The summed E-state index contributed by atoms with van der Waals surface area (Å²) in [6.45, 7) is 0. The lowest BCUT2D eigenvalue weighted by molar-refractivity contribution is 0.0955. The predicted molar refractivity (Wildman–Crippen MR) is 97.2 cm³/mol. The Balaban J connectivity index is 2.07. The zero-order chi connectivity index (χ0) is 16.1. The Morgan fingerprint density at radius 2 is 2.05 bits per heavy atom. The van der Waals surface area contributed by atoms with Crippen molar-refractivity contribution in [3.63, 3.8) is 0 Å². The maximum atomic E-state index is 12.0. The van der Waals surface area contributed by atoms with Crippen LogP contribution in [-0.2, 0) is 0 Å². The fourth-order valence-electron chi connectivity index (χ4n) is 1.63. The van der Waals surface area contributed by atoms with Crippen molar-refractivity contribution >= 4 is 57.9 Å². The van der Waals surface area contributed by atoms with Crippen molar-refractivity contribution in [2.45, 2.75) is 0 Å². The molecule has 0 aliphatic carbocycles. The predicted octanol–water partition coefficient (Wildman–Crippen LogP) is 4.37. The lowest BCUT2D eigenvalue weighted by atomic mass is 10.2. The van der Waals surface area contributed by atoms with Crippen LogP contribution in [0.1, 0.15) is 15.9 Å². The number of nitrogens with one attached hydrogen (secondary N) is 1. The summed E-state index contributed by atoms with van der Waals surface area (Å²) in [6.07, 6.45) is 1.46. The third-order valence-corrected chi connectivity index (χ3v) is 4.20. The van der Waals surface area contributed by atoms with E-state index < -0.39 is 0 Å². The van der Waals surface area contributed by atoms with Gasteiger partial charge >= 0.3 is 0 Å². The summed E-state index contributed by atoms with van der Waals surface area (Å²) in [5.74, 6) is 0.300. The van der Waals surface area contributed by atoms with Crippen LogP contribution in [0.15, 0.2) is 41.5 Å². The lowest BCUT2D eigenvalue weighted by Crippen LogP contribution is -2.17. The van der Waals surface area contributed by atoms with Crippen LogP contribution in [0.2, 0.25) is 10.0 Å². The molecule has 0 spiro atoms. The molecule has 0 saturated carbocycles. The summed E-state index contributed by atoms with van der Waals surface area (Å²) in [4.78, 5) is 12.0. The topological polar surface area (TPSA) is 50.7 Å². The molecule has 0 fully saturated rings. The van der Waals surface area contributed by atoms with E-state index in [-0.39, 0.29) is 5.91 Å². The summed E-state index contributed by atoms with van der Waals surface area (Å²) in [7, 11) is 1.56.